The van der Waals surface area contributed by atoms with E-state index in [2.05, 4.69) is 46.3 Å². The number of nitrogens with one attached hydrogen (secondary N) is 1. The Morgan fingerprint density at radius 1 is 0.935 bits per heavy atom. The van der Waals surface area contributed by atoms with Crippen LogP contribution in [0.3, 0.4) is 0 Å². The van der Waals surface area contributed by atoms with Gasteiger partial charge in [-0.15, -0.1) is 0 Å². The highest BCUT2D eigenvalue weighted by atomic mass is 32.1. The summed E-state index contributed by atoms with van der Waals surface area (Å²) >= 11 is 5.48. The fourth-order valence-corrected chi connectivity index (χ4v) is 3.93. The summed E-state index contributed by atoms with van der Waals surface area (Å²) in [6, 6.07) is 17.6. The average molecular weight is 440 g/mol. The van der Waals surface area contributed by atoms with Crippen molar-refractivity contribution in [2.45, 2.75) is 39.0 Å². The number of hydrogen-bond donors (Lipinski definition) is 1. The predicted octanol–water partition coefficient (Wildman–Crippen LogP) is 4.87. The smallest absolute Gasteiger partial charge is 0.257 e. The van der Waals surface area contributed by atoms with E-state index in [-0.39, 0.29) is 5.91 Å². The molecule has 1 N–H and O–H groups in total. The Bertz CT molecular complexity index is 818. The van der Waals surface area contributed by atoms with Crippen LogP contribution in [0.4, 0.5) is 5.69 Å². The van der Waals surface area contributed by atoms with Crippen LogP contribution in [-0.2, 0) is 0 Å². The second-order valence-electron chi connectivity index (χ2n) is 7.86. The first kappa shape index (κ1) is 23.1. The normalized spacial score (nSPS) is 13.7. The molecule has 2 aromatic rings. The maximum absolute atomic E-state index is 12.6. The van der Waals surface area contributed by atoms with Gasteiger partial charge in [-0.25, -0.2) is 0 Å². The van der Waals surface area contributed by atoms with Gasteiger partial charge in [0.05, 0.1) is 6.61 Å². The van der Waals surface area contributed by atoms with Gasteiger partial charge in [-0.05, 0) is 55.0 Å². The van der Waals surface area contributed by atoms with Crippen molar-refractivity contribution >= 4 is 28.9 Å². The van der Waals surface area contributed by atoms with Crippen molar-refractivity contribution in [3.63, 3.8) is 0 Å². The number of ether oxygens (including phenoxy) is 1. The molecular weight excluding hydrogens is 406 g/mol. The van der Waals surface area contributed by atoms with Crippen LogP contribution < -0.4 is 15.0 Å². The van der Waals surface area contributed by atoms with E-state index < -0.39 is 0 Å². The maximum atomic E-state index is 12.6. The average Bonchev–Trinajstić information content (AvgIpc) is 2.82. The lowest BCUT2D eigenvalue weighted by Crippen LogP contribution is -2.52. The van der Waals surface area contributed by atoms with Crippen LogP contribution in [-0.4, -0.2) is 48.7 Å². The molecular formula is C25H33N3O2S. The number of carbonyl (C=O) groups is 1. The quantitative estimate of drug-likeness (QED) is 0.446. The molecule has 1 heterocycles. The van der Waals surface area contributed by atoms with Gasteiger partial charge in [0, 0.05) is 37.4 Å². The first-order valence-electron chi connectivity index (χ1n) is 11.3. The van der Waals surface area contributed by atoms with Crippen LogP contribution in [0.5, 0.6) is 5.75 Å². The minimum atomic E-state index is -0.179. The first-order chi connectivity index (χ1) is 15.2. The number of amides is 1. The van der Waals surface area contributed by atoms with Gasteiger partial charge in [-0.3, -0.25) is 10.1 Å². The summed E-state index contributed by atoms with van der Waals surface area (Å²) in [5, 5.41) is 3.36. The molecule has 0 aromatic heterocycles. The van der Waals surface area contributed by atoms with Gasteiger partial charge >= 0.3 is 0 Å². The summed E-state index contributed by atoms with van der Waals surface area (Å²) in [6.45, 7) is 6.27. The van der Waals surface area contributed by atoms with Crippen molar-refractivity contribution in [1.29, 1.82) is 0 Å². The minimum absolute atomic E-state index is 0.179. The molecule has 0 bridgehead atoms. The SMILES string of the molecule is CCCCCCCOc1ccc(C(=O)NC(=S)N2CCN(c3ccccc3)CC2)cc1. The second kappa shape index (κ2) is 12.3. The lowest BCUT2D eigenvalue weighted by molar-refractivity contribution is 0.0973. The predicted molar refractivity (Wildman–Crippen MR) is 131 cm³/mol. The zero-order chi connectivity index (χ0) is 21.9. The monoisotopic (exact) mass is 439 g/mol. The van der Waals surface area contributed by atoms with E-state index >= 15 is 0 Å². The maximum Gasteiger partial charge on any atom is 0.257 e. The number of rotatable bonds is 9. The number of benzene rings is 2. The number of nitrogens with zero attached hydrogens (tertiary/aromatic N) is 2. The second-order valence-corrected chi connectivity index (χ2v) is 8.24. The zero-order valence-corrected chi connectivity index (χ0v) is 19.2. The molecule has 31 heavy (non-hydrogen) atoms. The van der Waals surface area contributed by atoms with Crippen LogP contribution >= 0.6 is 12.2 Å². The van der Waals surface area contributed by atoms with E-state index in [0.29, 0.717) is 17.3 Å². The molecule has 6 heteroatoms. The number of unbranched alkanes of at least 4 members (excludes halogenated alkanes) is 4. The highest BCUT2D eigenvalue weighted by molar-refractivity contribution is 7.80. The van der Waals surface area contributed by atoms with Crippen molar-refractivity contribution in [2.75, 3.05) is 37.7 Å². The molecule has 5 nitrogen and oxygen atoms in total. The summed E-state index contributed by atoms with van der Waals surface area (Å²) in [4.78, 5) is 17.0. The first-order valence-corrected chi connectivity index (χ1v) is 11.7. The fourth-order valence-electron chi connectivity index (χ4n) is 3.65. The van der Waals surface area contributed by atoms with Crippen molar-refractivity contribution in [3.8, 4) is 5.75 Å². The van der Waals surface area contributed by atoms with Crippen molar-refractivity contribution in [1.82, 2.24) is 10.2 Å². The molecule has 2 aromatic carbocycles. The van der Waals surface area contributed by atoms with Crippen LogP contribution in [0, 0.1) is 0 Å². The lowest BCUT2D eigenvalue weighted by Gasteiger charge is -2.37. The van der Waals surface area contributed by atoms with Gasteiger partial charge in [0.1, 0.15) is 5.75 Å². The van der Waals surface area contributed by atoms with Crippen molar-refractivity contribution in [3.05, 3.63) is 60.2 Å². The largest absolute Gasteiger partial charge is 0.494 e. The van der Waals surface area contributed by atoms with Crippen LogP contribution in [0.1, 0.15) is 49.4 Å². The Hall–Kier alpha value is -2.60. The van der Waals surface area contributed by atoms with E-state index in [1.54, 1.807) is 12.1 Å². The molecule has 166 valence electrons. The van der Waals surface area contributed by atoms with Gasteiger partial charge in [0.15, 0.2) is 5.11 Å². The van der Waals surface area contributed by atoms with Crippen LogP contribution in [0.2, 0.25) is 0 Å². The Morgan fingerprint density at radius 2 is 1.61 bits per heavy atom. The Kier molecular flexibility index (Phi) is 9.16. The molecule has 3 rings (SSSR count). The summed E-state index contributed by atoms with van der Waals surface area (Å²) in [6.07, 6.45) is 6.06. The molecule has 0 spiro atoms. The van der Waals surface area contributed by atoms with E-state index in [1.807, 2.05) is 18.2 Å². The molecule has 1 amide bonds. The summed E-state index contributed by atoms with van der Waals surface area (Å²) in [7, 11) is 0. The van der Waals surface area contributed by atoms with Crippen LogP contribution in [0.15, 0.2) is 54.6 Å². The molecule has 0 saturated carbocycles. The number of para-hydroxylation sites is 1. The molecule has 0 radical (unpaired) electrons. The third-order valence-electron chi connectivity index (χ3n) is 5.54. The minimum Gasteiger partial charge on any atom is -0.494 e. The van der Waals surface area contributed by atoms with Crippen molar-refractivity contribution in [2.24, 2.45) is 0 Å². The Morgan fingerprint density at radius 3 is 2.29 bits per heavy atom. The number of anilines is 1. The molecule has 1 fully saturated rings. The van der Waals surface area contributed by atoms with E-state index in [0.717, 1.165) is 38.3 Å². The van der Waals surface area contributed by atoms with Gasteiger partial charge in [-0.1, -0.05) is 50.8 Å². The summed E-state index contributed by atoms with van der Waals surface area (Å²) < 4.78 is 5.77. The third-order valence-corrected chi connectivity index (χ3v) is 5.90. The molecule has 1 aliphatic rings. The number of carbonyl (C=O) groups excluding carboxylic acids is 1. The molecule has 1 aliphatic heterocycles. The number of thiocarbonyl (C=S) groups is 1. The van der Waals surface area contributed by atoms with E-state index in [4.69, 9.17) is 17.0 Å². The van der Waals surface area contributed by atoms with Crippen LogP contribution in [0.25, 0.3) is 0 Å². The third kappa shape index (κ3) is 7.24. The van der Waals surface area contributed by atoms with Crippen molar-refractivity contribution < 1.29 is 9.53 Å². The molecule has 1 saturated heterocycles. The van der Waals surface area contributed by atoms with E-state index in [1.165, 1.54) is 31.4 Å². The number of piperazine rings is 1. The fraction of sp³-hybridized carbons (Fsp3) is 0.440. The van der Waals surface area contributed by atoms with Gasteiger partial charge in [0.2, 0.25) is 0 Å². The van der Waals surface area contributed by atoms with Gasteiger partial charge < -0.3 is 14.5 Å². The Balaban J connectivity index is 1.40. The molecule has 0 aliphatic carbocycles. The zero-order valence-electron chi connectivity index (χ0n) is 18.4. The molecule has 0 unspecified atom stereocenters. The summed E-state index contributed by atoms with van der Waals surface area (Å²) in [5.74, 6) is 0.619. The highest BCUT2D eigenvalue weighted by Crippen LogP contribution is 2.16. The standard InChI is InChI=1S/C25H33N3O2S/c1-2-3-4-5-9-20-30-23-14-12-21(13-15-23)24(29)26-25(31)28-18-16-27(17-19-28)22-10-7-6-8-11-22/h6-8,10-15H,2-5,9,16-20H2,1H3,(H,26,29,31). The lowest BCUT2D eigenvalue weighted by atomic mass is 10.2. The Labute approximate surface area is 191 Å². The molecule has 0 atom stereocenters. The van der Waals surface area contributed by atoms with E-state index in [9.17, 15) is 4.79 Å². The highest BCUT2D eigenvalue weighted by Gasteiger charge is 2.20. The number of hydrogen-bond acceptors (Lipinski definition) is 4. The van der Waals surface area contributed by atoms with Gasteiger partial charge in [-0.2, -0.15) is 0 Å². The topological polar surface area (TPSA) is 44.8 Å². The van der Waals surface area contributed by atoms with Gasteiger partial charge in [0.25, 0.3) is 5.91 Å². The summed E-state index contributed by atoms with van der Waals surface area (Å²) in [5.41, 5.74) is 1.81.